The van der Waals surface area contributed by atoms with Gasteiger partial charge in [0, 0.05) is 29.8 Å². The van der Waals surface area contributed by atoms with Gasteiger partial charge in [0.05, 0.1) is 24.9 Å². The van der Waals surface area contributed by atoms with E-state index in [1.807, 2.05) is 6.07 Å². The second-order valence-corrected chi connectivity index (χ2v) is 8.27. The minimum atomic E-state index is -0.448. The molecule has 29 heavy (non-hydrogen) atoms. The molecule has 0 bridgehead atoms. The SMILES string of the molecule is Nc1c(NC(=O)/C=C/c2cccnc2)sc2c1CCC(OC(=O)N1CC(O)C1)C2. The Morgan fingerprint density at radius 1 is 1.41 bits per heavy atom. The third kappa shape index (κ3) is 4.41. The monoisotopic (exact) mass is 414 g/mol. The predicted octanol–water partition coefficient (Wildman–Crippen LogP) is 2.05. The Kier molecular flexibility index (Phi) is 5.50. The fraction of sp³-hybridized carbons (Fsp3) is 0.350. The summed E-state index contributed by atoms with van der Waals surface area (Å²) in [6, 6.07) is 3.66. The maximum absolute atomic E-state index is 12.2. The summed E-state index contributed by atoms with van der Waals surface area (Å²) in [5.74, 6) is -0.265. The van der Waals surface area contributed by atoms with Gasteiger partial charge in [-0.2, -0.15) is 0 Å². The number of nitrogens with one attached hydrogen (secondary N) is 1. The molecule has 0 spiro atoms. The number of aromatic nitrogens is 1. The summed E-state index contributed by atoms with van der Waals surface area (Å²) in [6.07, 6.45) is 7.38. The summed E-state index contributed by atoms with van der Waals surface area (Å²) in [7, 11) is 0. The molecule has 3 heterocycles. The van der Waals surface area contributed by atoms with Crippen LogP contribution in [0.2, 0.25) is 0 Å². The molecule has 0 radical (unpaired) electrons. The van der Waals surface area contributed by atoms with Crippen LogP contribution in [0.5, 0.6) is 0 Å². The summed E-state index contributed by atoms with van der Waals surface area (Å²) >= 11 is 1.42. The number of thiophene rings is 1. The van der Waals surface area contributed by atoms with Crippen molar-refractivity contribution in [1.29, 1.82) is 0 Å². The number of fused-ring (bicyclic) bond motifs is 1. The Balaban J connectivity index is 1.36. The predicted molar refractivity (Wildman–Crippen MR) is 111 cm³/mol. The quantitative estimate of drug-likeness (QED) is 0.659. The Morgan fingerprint density at radius 2 is 2.24 bits per heavy atom. The second kappa shape index (κ2) is 8.22. The van der Waals surface area contributed by atoms with Crippen molar-refractivity contribution in [2.75, 3.05) is 24.1 Å². The highest BCUT2D eigenvalue weighted by atomic mass is 32.1. The zero-order chi connectivity index (χ0) is 20.4. The fourth-order valence-corrected chi connectivity index (χ4v) is 4.63. The highest BCUT2D eigenvalue weighted by molar-refractivity contribution is 7.17. The maximum Gasteiger partial charge on any atom is 0.410 e. The molecule has 2 amide bonds. The van der Waals surface area contributed by atoms with Crippen molar-refractivity contribution in [1.82, 2.24) is 9.88 Å². The van der Waals surface area contributed by atoms with Crippen LogP contribution in [0.1, 0.15) is 22.4 Å². The number of aliphatic hydroxyl groups is 1. The third-order valence-corrected chi connectivity index (χ3v) is 6.18. The summed E-state index contributed by atoms with van der Waals surface area (Å²) in [5, 5.41) is 12.8. The third-order valence-electron chi connectivity index (χ3n) is 5.00. The first-order valence-electron chi connectivity index (χ1n) is 9.42. The van der Waals surface area contributed by atoms with E-state index in [9.17, 15) is 14.7 Å². The molecule has 9 heteroatoms. The maximum atomic E-state index is 12.2. The Hall–Kier alpha value is -2.91. The van der Waals surface area contributed by atoms with Crippen molar-refractivity contribution >= 4 is 40.1 Å². The molecule has 2 aromatic rings. The van der Waals surface area contributed by atoms with Crippen LogP contribution in [0.15, 0.2) is 30.6 Å². The van der Waals surface area contributed by atoms with E-state index < -0.39 is 6.10 Å². The average molecular weight is 414 g/mol. The van der Waals surface area contributed by atoms with Crippen LogP contribution in [0.3, 0.4) is 0 Å². The molecule has 1 atom stereocenters. The van der Waals surface area contributed by atoms with Gasteiger partial charge in [-0.1, -0.05) is 6.07 Å². The number of likely N-dealkylation sites (tertiary alicyclic amines) is 1. The largest absolute Gasteiger partial charge is 0.446 e. The van der Waals surface area contributed by atoms with Gasteiger partial charge in [0.2, 0.25) is 5.91 Å². The summed E-state index contributed by atoms with van der Waals surface area (Å²) < 4.78 is 5.56. The molecule has 4 N–H and O–H groups in total. The number of nitrogens with two attached hydrogens (primary N) is 1. The van der Waals surface area contributed by atoms with E-state index >= 15 is 0 Å². The Bertz CT molecular complexity index is 937. The number of hydrogen-bond donors (Lipinski definition) is 3. The molecule has 8 nitrogen and oxygen atoms in total. The van der Waals surface area contributed by atoms with Gasteiger partial charge in [0.25, 0.3) is 0 Å². The second-order valence-electron chi connectivity index (χ2n) is 7.16. The average Bonchev–Trinajstić information content (AvgIpc) is 2.99. The van der Waals surface area contributed by atoms with Crippen LogP contribution in [-0.2, 0) is 22.4 Å². The van der Waals surface area contributed by atoms with Gasteiger partial charge < -0.3 is 25.8 Å². The van der Waals surface area contributed by atoms with Gasteiger partial charge in [0.1, 0.15) is 11.1 Å². The minimum Gasteiger partial charge on any atom is -0.446 e. The van der Waals surface area contributed by atoms with Crippen LogP contribution in [0, 0.1) is 0 Å². The lowest BCUT2D eigenvalue weighted by molar-refractivity contribution is -0.111. The van der Waals surface area contributed by atoms with Gasteiger partial charge in [-0.15, -0.1) is 11.3 Å². The lowest BCUT2D eigenvalue weighted by atomic mass is 9.95. The molecule has 1 fully saturated rings. The highest BCUT2D eigenvalue weighted by Gasteiger charge is 2.33. The van der Waals surface area contributed by atoms with E-state index in [2.05, 4.69) is 10.3 Å². The van der Waals surface area contributed by atoms with Gasteiger partial charge >= 0.3 is 6.09 Å². The molecule has 2 aromatic heterocycles. The zero-order valence-corrected chi connectivity index (χ0v) is 16.5. The molecular weight excluding hydrogens is 392 g/mol. The van der Waals surface area contributed by atoms with E-state index in [0.29, 0.717) is 43.0 Å². The number of nitrogens with zero attached hydrogens (tertiary/aromatic N) is 2. The molecule has 4 rings (SSSR count). The lowest BCUT2D eigenvalue weighted by Gasteiger charge is -2.36. The number of pyridine rings is 1. The normalized spacial score (nSPS) is 18.9. The van der Waals surface area contributed by atoms with E-state index in [1.54, 1.807) is 24.5 Å². The summed E-state index contributed by atoms with van der Waals surface area (Å²) in [4.78, 5) is 30.8. The molecule has 2 aliphatic rings. The first-order valence-corrected chi connectivity index (χ1v) is 10.2. The number of carbonyl (C=O) groups excluding carboxylic acids is 2. The van der Waals surface area contributed by atoms with E-state index in [1.165, 1.54) is 22.3 Å². The Labute approximate surface area is 172 Å². The van der Waals surface area contributed by atoms with E-state index in [4.69, 9.17) is 10.5 Å². The van der Waals surface area contributed by atoms with Gasteiger partial charge in [0.15, 0.2) is 0 Å². The topological polar surface area (TPSA) is 118 Å². The molecule has 1 aliphatic carbocycles. The summed E-state index contributed by atoms with van der Waals surface area (Å²) in [6.45, 7) is 0.650. The number of carbonyl (C=O) groups is 2. The number of nitrogen functional groups attached to an aromatic ring is 1. The zero-order valence-electron chi connectivity index (χ0n) is 15.7. The number of anilines is 2. The number of rotatable bonds is 4. The first kappa shape index (κ1) is 19.4. The fourth-order valence-electron chi connectivity index (χ4n) is 3.40. The number of aliphatic hydroxyl groups excluding tert-OH is 1. The number of hydrogen-bond acceptors (Lipinski definition) is 7. The van der Waals surface area contributed by atoms with Crippen LogP contribution >= 0.6 is 11.3 Å². The van der Waals surface area contributed by atoms with Gasteiger partial charge in [-0.25, -0.2) is 4.79 Å². The molecule has 152 valence electrons. The Morgan fingerprint density at radius 3 is 2.97 bits per heavy atom. The first-order chi connectivity index (χ1) is 14.0. The van der Waals surface area contributed by atoms with Crippen molar-refractivity contribution in [2.45, 2.75) is 31.5 Å². The van der Waals surface area contributed by atoms with E-state index in [0.717, 1.165) is 16.0 Å². The van der Waals surface area contributed by atoms with Crippen LogP contribution < -0.4 is 11.1 Å². The molecule has 1 saturated heterocycles. The molecule has 1 unspecified atom stereocenters. The standard InChI is InChI=1S/C20H22N4O4S/c21-18-15-5-4-14(28-20(27)24-10-13(25)11-24)8-16(15)29-19(18)23-17(26)6-3-12-2-1-7-22-9-12/h1-3,6-7,9,13-14,25H,4-5,8,10-11,21H2,(H,23,26)/b6-3+. The number of ether oxygens (including phenoxy) is 1. The van der Waals surface area contributed by atoms with Crippen LogP contribution in [-0.4, -0.2) is 52.3 Å². The summed E-state index contributed by atoms with van der Waals surface area (Å²) in [5.41, 5.74) is 8.68. The number of β-amino-alcohol motifs (C(OH)–C–C–N with tert-alkyl or cyclic N) is 1. The van der Waals surface area contributed by atoms with E-state index in [-0.39, 0.29) is 18.1 Å². The van der Waals surface area contributed by atoms with Gasteiger partial charge in [-0.05, 0) is 36.1 Å². The smallest absolute Gasteiger partial charge is 0.410 e. The molecule has 1 aliphatic heterocycles. The molecular formula is C20H22N4O4S. The van der Waals surface area contributed by atoms with Crippen molar-refractivity contribution in [3.05, 3.63) is 46.6 Å². The van der Waals surface area contributed by atoms with Crippen molar-refractivity contribution in [2.24, 2.45) is 0 Å². The van der Waals surface area contributed by atoms with Crippen molar-refractivity contribution in [3.8, 4) is 0 Å². The van der Waals surface area contributed by atoms with Crippen molar-refractivity contribution < 1.29 is 19.4 Å². The minimum absolute atomic E-state index is 0.222. The van der Waals surface area contributed by atoms with Crippen LogP contribution in [0.25, 0.3) is 6.08 Å². The molecule has 0 aromatic carbocycles. The molecule has 0 saturated carbocycles. The van der Waals surface area contributed by atoms with Crippen molar-refractivity contribution in [3.63, 3.8) is 0 Å². The number of amides is 2. The lowest BCUT2D eigenvalue weighted by Crippen LogP contribution is -2.54. The van der Waals surface area contributed by atoms with Crippen LogP contribution in [0.4, 0.5) is 15.5 Å². The van der Waals surface area contributed by atoms with Gasteiger partial charge in [-0.3, -0.25) is 9.78 Å². The highest BCUT2D eigenvalue weighted by Crippen LogP contribution is 2.40.